The number of hydrogen-bond acceptors (Lipinski definition) is 3. The molecule has 8 heteroatoms. The molecule has 26 heavy (non-hydrogen) atoms. The highest BCUT2D eigenvalue weighted by Gasteiger charge is 2.20. The second-order valence-corrected chi connectivity index (χ2v) is 7.02. The second kappa shape index (κ2) is 9.24. The van der Waals surface area contributed by atoms with Crippen molar-refractivity contribution in [2.24, 2.45) is 0 Å². The maximum Gasteiger partial charge on any atom is 0.241 e. The molecular formula is C18H18Cl3N3O2. The fourth-order valence-corrected chi connectivity index (χ4v) is 2.54. The van der Waals surface area contributed by atoms with E-state index in [-0.39, 0.29) is 18.4 Å². The van der Waals surface area contributed by atoms with E-state index < -0.39 is 6.04 Å². The number of halogens is 3. The first-order valence-electron chi connectivity index (χ1n) is 7.78. The summed E-state index contributed by atoms with van der Waals surface area (Å²) in [6.07, 6.45) is 0. The Balaban J connectivity index is 1.89. The van der Waals surface area contributed by atoms with Gasteiger partial charge < -0.3 is 10.6 Å². The minimum atomic E-state index is -0.509. The Hall–Kier alpha value is -1.79. The molecule has 0 bridgehead atoms. The van der Waals surface area contributed by atoms with Gasteiger partial charge in [0.1, 0.15) is 0 Å². The minimum absolute atomic E-state index is 0.0372. The summed E-state index contributed by atoms with van der Waals surface area (Å²) in [5.74, 6) is -0.491. The van der Waals surface area contributed by atoms with Crippen LogP contribution in [0.5, 0.6) is 0 Å². The highest BCUT2D eigenvalue weighted by Crippen LogP contribution is 2.25. The highest BCUT2D eigenvalue weighted by atomic mass is 35.5. The van der Waals surface area contributed by atoms with Gasteiger partial charge in [-0.25, -0.2) is 0 Å². The SMILES string of the molecule is CC(C(=O)Nc1ccc(Cl)cc1)N(C)CC(=O)Nc1ccc(Cl)c(Cl)c1. The van der Waals surface area contributed by atoms with Gasteiger partial charge in [0.15, 0.2) is 0 Å². The zero-order valence-electron chi connectivity index (χ0n) is 14.2. The Morgan fingerprint density at radius 1 is 0.962 bits per heavy atom. The summed E-state index contributed by atoms with van der Waals surface area (Å²) >= 11 is 17.6. The molecule has 0 saturated heterocycles. The van der Waals surface area contributed by atoms with Crippen LogP contribution in [0.25, 0.3) is 0 Å². The van der Waals surface area contributed by atoms with Crippen molar-refractivity contribution in [3.8, 4) is 0 Å². The molecule has 2 N–H and O–H groups in total. The number of carbonyl (C=O) groups is 2. The predicted molar refractivity (Wildman–Crippen MR) is 107 cm³/mol. The van der Waals surface area contributed by atoms with Crippen LogP contribution < -0.4 is 10.6 Å². The van der Waals surface area contributed by atoms with Crippen LogP contribution in [0.15, 0.2) is 42.5 Å². The van der Waals surface area contributed by atoms with Gasteiger partial charge >= 0.3 is 0 Å². The third kappa shape index (κ3) is 5.88. The molecule has 0 saturated carbocycles. The van der Waals surface area contributed by atoms with E-state index in [4.69, 9.17) is 34.8 Å². The molecule has 1 unspecified atom stereocenters. The Kier molecular flexibility index (Phi) is 7.29. The third-order valence-electron chi connectivity index (χ3n) is 3.75. The number of anilines is 2. The van der Waals surface area contributed by atoms with Crippen LogP contribution in [0, 0.1) is 0 Å². The average molecular weight is 415 g/mol. The summed E-state index contributed by atoms with van der Waals surface area (Å²) in [6, 6.07) is 11.1. The first kappa shape index (κ1) is 20.5. The van der Waals surface area contributed by atoms with Crippen molar-refractivity contribution < 1.29 is 9.59 Å². The number of nitrogens with one attached hydrogen (secondary N) is 2. The van der Waals surface area contributed by atoms with Gasteiger partial charge in [-0.05, 0) is 56.4 Å². The first-order chi connectivity index (χ1) is 12.3. The molecule has 2 aromatic carbocycles. The standard InChI is InChI=1S/C18H18Cl3N3O2/c1-11(18(26)23-13-5-3-12(19)4-6-13)24(2)10-17(25)22-14-7-8-15(20)16(21)9-14/h3-9,11H,10H2,1-2H3,(H,22,25)(H,23,26). The van der Waals surface area contributed by atoms with E-state index in [1.54, 1.807) is 61.3 Å². The first-order valence-corrected chi connectivity index (χ1v) is 8.91. The molecule has 1 atom stereocenters. The van der Waals surface area contributed by atoms with Crippen molar-refractivity contribution in [1.29, 1.82) is 0 Å². The lowest BCUT2D eigenvalue weighted by Gasteiger charge is -2.23. The van der Waals surface area contributed by atoms with Crippen LogP contribution in [0.2, 0.25) is 15.1 Å². The quantitative estimate of drug-likeness (QED) is 0.729. The van der Waals surface area contributed by atoms with Crippen LogP contribution >= 0.6 is 34.8 Å². The van der Waals surface area contributed by atoms with E-state index in [9.17, 15) is 9.59 Å². The molecular weight excluding hydrogens is 397 g/mol. The number of hydrogen-bond donors (Lipinski definition) is 2. The van der Waals surface area contributed by atoms with Gasteiger partial charge in [-0.1, -0.05) is 34.8 Å². The van der Waals surface area contributed by atoms with Crippen LogP contribution in [-0.4, -0.2) is 36.3 Å². The molecule has 0 fully saturated rings. The van der Waals surface area contributed by atoms with Crippen LogP contribution in [0.4, 0.5) is 11.4 Å². The molecule has 0 aliphatic carbocycles. The van der Waals surface area contributed by atoms with E-state index in [0.717, 1.165) is 0 Å². The van der Waals surface area contributed by atoms with E-state index >= 15 is 0 Å². The highest BCUT2D eigenvalue weighted by molar-refractivity contribution is 6.42. The second-order valence-electron chi connectivity index (χ2n) is 5.76. The lowest BCUT2D eigenvalue weighted by atomic mass is 10.2. The summed E-state index contributed by atoms with van der Waals surface area (Å²) in [5.41, 5.74) is 1.18. The molecule has 5 nitrogen and oxygen atoms in total. The van der Waals surface area contributed by atoms with Gasteiger partial charge in [-0.15, -0.1) is 0 Å². The summed E-state index contributed by atoms with van der Waals surface area (Å²) in [5, 5.41) is 6.86. The molecule has 2 rings (SSSR count). The number of benzene rings is 2. The lowest BCUT2D eigenvalue weighted by Crippen LogP contribution is -2.43. The normalized spacial score (nSPS) is 11.9. The van der Waals surface area contributed by atoms with Gasteiger partial charge in [-0.3, -0.25) is 14.5 Å². The molecule has 0 radical (unpaired) electrons. The lowest BCUT2D eigenvalue weighted by molar-refractivity contribution is -0.122. The van der Waals surface area contributed by atoms with Crippen LogP contribution in [0.3, 0.4) is 0 Å². The molecule has 0 aliphatic heterocycles. The van der Waals surface area contributed by atoms with Crippen molar-refractivity contribution in [1.82, 2.24) is 4.90 Å². The smallest absolute Gasteiger partial charge is 0.241 e. The summed E-state index contributed by atoms with van der Waals surface area (Å²) in [6.45, 7) is 1.76. The van der Waals surface area contributed by atoms with Crippen molar-refractivity contribution in [2.45, 2.75) is 13.0 Å². The van der Waals surface area contributed by atoms with Crippen molar-refractivity contribution in [3.63, 3.8) is 0 Å². The minimum Gasteiger partial charge on any atom is -0.325 e. The number of amides is 2. The molecule has 0 aromatic heterocycles. The van der Waals surface area contributed by atoms with Crippen molar-refractivity contribution >= 4 is 58.0 Å². The Morgan fingerprint density at radius 2 is 1.58 bits per heavy atom. The number of rotatable bonds is 6. The average Bonchev–Trinajstić information content (AvgIpc) is 2.59. The largest absolute Gasteiger partial charge is 0.325 e. The Labute approximate surface area is 167 Å². The van der Waals surface area contributed by atoms with E-state index in [1.807, 2.05) is 0 Å². The van der Waals surface area contributed by atoms with Gasteiger partial charge in [0.05, 0.1) is 22.6 Å². The Bertz CT molecular complexity index is 797. The number of likely N-dealkylation sites (N-methyl/N-ethyl adjacent to an activating group) is 1. The number of carbonyl (C=O) groups excluding carboxylic acids is 2. The fraction of sp³-hybridized carbons (Fsp3) is 0.222. The predicted octanol–water partition coefficient (Wildman–Crippen LogP) is 4.54. The third-order valence-corrected chi connectivity index (χ3v) is 4.74. The zero-order valence-corrected chi connectivity index (χ0v) is 16.5. The molecule has 0 spiro atoms. The number of nitrogens with zero attached hydrogens (tertiary/aromatic N) is 1. The molecule has 138 valence electrons. The summed E-state index contributed by atoms with van der Waals surface area (Å²) < 4.78 is 0. The van der Waals surface area contributed by atoms with E-state index in [0.29, 0.717) is 26.4 Å². The zero-order chi connectivity index (χ0) is 19.3. The fourth-order valence-electron chi connectivity index (χ4n) is 2.12. The molecule has 2 aromatic rings. The van der Waals surface area contributed by atoms with Crippen molar-refractivity contribution in [3.05, 3.63) is 57.5 Å². The summed E-state index contributed by atoms with van der Waals surface area (Å²) in [7, 11) is 1.69. The topological polar surface area (TPSA) is 61.4 Å². The maximum absolute atomic E-state index is 12.3. The Morgan fingerprint density at radius 3 is 2.19 bits per heavy atom. The van der Waals surface area contributed by atoms with Gasteiger partial charge in [0.25, 0.3) is 0 Å². The van der Waals surface area contributed by atoms with E-state index in [1.165, 1.54) is 0 Å². The summed E-state index contributed by atoms with van der Waals surface area (Å²) in [4.78, 5) is 26.1. The van der Waals surface area contributed by atoms with Crippen LogP contribution in [-0.2, 0) is 9.59 Å². The van der Waals surface area contributed by atoms with Gasteiger partial charge in [0.2, 0.25) is 11.8 Å². The molecule has 2 amide bonds. The maximum atomic E-state index is 12.3. The van der Waals surface area contributed by atoms with Crippen LogP contribution in [0.1, 0.15) is 6.92 Å². The molecule has 0 aliphatic rings. The van der Waals surface area contributed by atoms with Crippen molar-refractivity contribution in [2.75, 3.05) is 24.2 Å². The van der Waals surface area contributed by atoms with E-state index in [2.05, 4.69) is 10.6 Å². The van der Waals surface area contributed by atoms with Gasteiger partial charge in [-0.2, -0.15) is 0 Å². The van der Waals surface area contributed by atoms with Gasteiger partial charge in [0, 0.05) is 16.4 Å². The monoisotopic (exact) mass is 413 g/mol. The molecule has 0 heterocycles.